The van der Waals surface area contributed by atoms with Crippen LogP contribution in [0, 0.1) is 5.92 Å². The first-order valence-corrected chi connectivity index (χ1v) is 11.6. The van der Waals surface area contributed by atoms with E-state index in [4.69, 9.17) is 0 Å². The summed E-state index contributed by atoms with van der Waals surface area (Å²) in [4.78, 5) is 35.0. The molecule has 0 aliphatic carbocycles. The molecule has 2 amide bonds. The molecule has 4 rings (SSSR count). The van der Waals surface area contributed by atoms with Crippen molar-refractivity contribution in [3.63, 3.8) is 0 Å². The molecule has 1 aromatic carbocycles. The standard InChI is InChI=1S/C23H29N5O2S/c1-4-26-11-13-27(14-12-26)22(30)20(16(2)3)25-21(29)17-7-8-18-19(15-17)31-23(24-18)28-9-5-6-10-28/h5-10,15-16,20H,4,11-14H2,1-3H3,(H,25,29). The van der Waals surface area contributed by atoms with Crippen LogP contribution in [-0.4, -0.2) is 69.9 Å². The summed E-state index contributed by atoms with van der Waals surface area (Å²) >= 11 is 1.54. The van der Waals surface area contributed by atoms with Gasteiger partial charge in [0, 0.05) is 44.1 Å². The fourth-order valence-electron chi connectivity index (χ4n) is 3.85. The Morgan fingerprint density at radius 3 is 2.48 bits per heavy atom. The molecule has 8 heteroatoms. The van der Waals surface area contributed by atoms with Crippen LogP contribution >= 0.6 is 11.3 Å². The second-order valence-electron chi connectivity index (χ2n) is 8.22. The number of benzene rings is 1. The number of fused-ring (bicyclic) bond motifs is 1. The predicted octanol–water partition coefficient (Wildman–Crippen LogP) is 3.01. The fraction of sp³-hybridized carbons (Fsp3) is 0.435. The van der Waals surface area contributed by atoms with E-state index in [1.165, 1.54) is 11.3 Å². The number of hydrogen-bond donors (Lipinski definition) is 1. The van der Waals surface area contributed by atoms with E-state index in [2.05, 4.69) is 22.1 Å². The molecule has 164 valence electrons. The number of piperazine rings is 1. The van der Waals surface area contributed by atoms with Gasteiger partial charge in [-0.2, -0.15) is 0 Å². The summed E-state index contributed by atoms with van der Waals surface area (Å²) in [6.45, 7) is 10.3. The van der Waals surface area contributed by atoms with Gasteiger partial charge in [0.25, 0.3) is 5.91 Å². The van der Waals surface area contributed by atoms with E-state index < -0.39 is 6.04 Å². The van der Waals surface area contributed by atoms with Gasteiger partial charge in [-0.3, -0.25) is 9.59 Å². The van der Waals surface area contributed by atoms with Crippen LogP contribution in [0.1, 0.15) is 31.1 Å². The van der Waals surface area contributed by atoms with Crippen LogP contribution in [0.4, 0.5) is 0 Å². The lowest BCUT2D eigenvalue weighted by Crippen LogP contribution is -2.56. The van der Waals surface area contributed by atoms with E-state index in [1.807, 2.05) is 60.0 Å². The molecule has 1 N–H and O–H groups in total. The summed E-state index contributed by atoms with van der Waals surface area (Å²) in [7, 11) is 0. The second-order valence-corrected chi connectivity index (χ2v) is 9.23. The Kier molecular flexibility index (Phi) is 6.38. The van der Waals surface area contributed by atoms with E-state index >= 15 is 0 Å². The average molecular weight is 440 g/mol. The van der Waals surface area contributed by atoms with Gasteiger partial charge in [0.1, 0.15) is 6.04 Å². The first-order chi connectivity index (χ1) is 15.0. The van der Waals surface area contributed by atoms with Crippen LogP contribution in [0.15, 0.2) is 42.7 Å². The maximum Gasteiger partial charge on any atom is 0.251 e. The topological polar surface area (TPSA) is 70.5 Å². The highest BCUT2D eigenvalue weighted by molar-refractivity contribution is 7.20. The minimum absolute atomic E-state index is 0.00728. The van der Waals surface area contributed by atoms with Gasteiger partial charge in [-0.15, -0.1) is 0 Å². The number of carbonyl (C=O) groups is 2. The Morgan fingerprint density at radius 2 is 1.84 bits per heavy atom. The summed E-state index contributed by atoms with van der Waals surface area (Å²) in [5.74, 6) is -0.210. The van der Waals surface area contributed by atoms with Gasteiger partial charge in [0.05, 0.1) is 10.2 Å². The van der Waals surface area contributed by atoms with Crippen molar-refractivity contribution in [1.82, 2.24) is 24.7 Å². The number of hydrogen-bond acceptors (Lipinski definition) is 5. The van der Waals surface area contributed by atoms with Crippen molar-refractivity contribution in [3.8, 4) is 5.13 Å². The quantitative estimate of drug-likeness (QED) is 0.641. The van der Waals surface area contributed by atoms with Crippen molar-refractivity contribution in [2.45, 2.75) is 26.8 Å². The predicted molar refractivity (Wildman–Crippen MR) is 124 cm³/mol. The van der Waals surface area contributed by atoms with Gasteiger partial charge in [-0.1, -0.05) is 32.1 Å². The van der Waals surface area contributed by atoms with Crippen molar-refractivity contribution in [3.05, 3.63) is 48.3 Å². The van der Waals surface area contributed by atoms with Gasteiger partial charge in [-0.05, 0) is 42.8 Å². The second kappa shape index (κ2) is 9.20. The molecular formula is C23H29N5O2S. The summed E-state index contributed by atoms with van der Waals surface area (Å²) in [5, 5.41) is 3.85. The zero-order chi connectivity index (χ0) is 22.0. The molecule has 1 aliphatic rings. The molecule has 31 heavy (non-hydrogen) atoms. The lowest BCUT2D eigenvalue weighted by atomic mass is 10.0. The molecule has 0 radical (unpaired) electrons. The van der Waals surface area contributed by atoms with Gasteiger partial charge < -0.3 is 19.7 Å². The Labute approximate surface area is 186 Å². The number of nitrogens with one attached hydrogen (secondary N) is 1. The molecule has 1 saturated heterocycles. The Hall–Kier alpha value is -2.71. The lowest BCUT2D eigenvalue weighted by molar-refractivity contribution is -0.136. The number of thiazole rings is 1. The smallest absolute Gasteiger partial charge is 0.251 e. The number of amides is 2. The van der Waals surface area contributed by atoms with E-state index in [0.29, 0.717) is 18.7 Å². The molecule has 3 heterocycles. The summed E-state index contributed by atoms with van der Waals surface area (Å²) in [6, 6.07) is 8.87. The molecule has 3 aromatic rings. The van der Waals surface area contributed by atoms with Crippen molar-refractivity contribution in [2.75, 3.05) is 32.7 Å². The number of likely N-dealkylation sites (N-methyl/N-ethyl adjacent to an activating group) is 1. The minimum atomic E-state index is -0.534. The van der Waals surface area contributed by atoms with Crippen LogP contribution in [-0.2, 0) is 4.79 Å². The largest absolute Gasteiger partial charge is 0.340 e. The zero-order valence-corrected chi connectivity index (χ0v) is 19.1. The van der Waals surface area contributed by atoms with Crippen LogP contribution in [0.2, 0.25) is 0 Å². The van der Waals surface area contributed by atoms with Crippen LogP contribution in [0.3, 0.4) is 0 Å². The lowest BCUT2D eigenvalue weighted by Gasteiger charge is -2.36. The monoisotopic (exact) mass is 439 g/mol. The summed E-state index contributed by atoms with van der Waals surface area (Å²) in [6.07, 6.45) is 3.90. The van der Waals surface area contributed by atoms with Gasteiger partial charge in [0.15, 0.2) is 5.13 Å². The molecule has 1 unspecified atom stereocenters. The van der Waals surface area contributed by atoms with E-state index in [9.17, 15) is 9.59 Å². The van der Waals surface area contributed by atoms with Crippen molar-refractivity contribution in [2.24, 2.45) is 5.92 Å². The SMILES string of the molecule is CCN1CCN(C(=O)C(NC(=O)c2ccc3nc(-n4cccc4)sc3c2)C(C)C)CC1. The summed E-state index contributed by atoms with van der Waals surface area (Å²) < 4.78 is 2.90. The van der Waals surface area contributed by atoms with Crippen molar-refractivity contribution < 1.29 is 9.59 Å². The number of rotatable bonds is 6. The Morgan fingerprint density at radius 1 is 1.13 bits per heavy atom. The molecular weight excluding hydrogens is 410 g/mol. The van der Waals surface area contributed by atoms with Gasteiger partial charge in [-0.25, -0.2) is 4.98 Å². The van der Waals surface area contributed by atoms with Crippen LogP contribution in [0.5, 0.6) is 0 Å². The van der Waals surface area contributed by atoms with E-state index in [-0.39, 0.29) is 17.7 Å². The van der Waals surface area contributed by atoms with Crippen LogP contribution in [0.25, 0.3) is 15.3 Å². The average Bonchev–Trinajstić information content (AvgIpc) is 3.45. The molecule has 1 fully saturated rings. The number of nitrogens with zero attached hydrogens (tertiary/aromatic N) is 4. The molecule has 7 nitrogen and oxygen atoms in total. The first-order valence-electron chi connectivity index (χ1n) is 10.8. The van der Waals surface area contributed by atoms with Crippen LogP contribution < -0.4 is 5.32 Å². The molecule has 0 saturated carbocycles. The minimum Gasteiger partial charge on any atom is -0.340 e. The van der Waals surface area contributed by atoms with E-state index in [0.717, 1.165) is 35.0 Å². The highest BCUT2D eigenvalue weighted by Crippen LogP contribution is 2.26. The maximum absolute atomic E-state index is 13.1. The summed E-state index contributed by atoms with van der Waals surface area (Å²) in [5.41, 5.74) is 1.40. The third-order valence-corrected chi connectivity index (χ3v) is 6.85. The molecule has 1 atom stereocenters. The molecule has 0 spiro atoms. The number of aromatic nitrogens is 2. The fourth-order valence-corrected chi connectivity index (χ4v) is 4.82. The Balaban J connectivity index is 1.48. The highest BCUT2D eigenvalue weighted by Gasteiger charge is 2.30. The zero-order valence-electron chi connectivity index (χ0n) is 18.2. The third kappa shape index (κ3) is 4.65. The van der Waals surface area contributed by atoms with Crippen molar-refractivity contribution in [1.29, 1.82) is 0 Å². The molecule has 1 aliphatic heterocycles. The molecule has 2 aromatic heterocycles. The third-order valence-electron chi connectivity index (χ3n) is 5.82. The Bertz CT molecular complexity index is 1050. The van der Waals surface area contributed by atoms with E-state index in [1.54, 1.807) is 6.07 Å². The van der Waals surface area contributed by atoms with Crippen molar-refractivity contribution >= 4 is 33.4 Å². The number of carbonyl (C=O) groups excluding carboxylic acids is 2. The van der Waals surface area contributed by atoms with Gasteiger partial charge in [0.2, 0.25) is 5.91 Å². The normalized spacial score (nSPS) is 16.1. The molecule has 0 bridgehead atoms. The highest BCUT2D eigenvalue weighted by atomic mass is 32.1. The first kappa shape index (κ1) is 21.5. The maximum atomic E-state index is 13.1. The van der Waals surface area contributed by atoms with Gasteiger partial charge >= 0.3 is 0 Å².